The Balaban J connectivity index is 1.71. The number of thiazole rings is 1. The number of amides is 1. The Bertz CT molecular complexity index is 1060. The molecule has 9 heteroatoms. The fourth-order valence-electron chi connectivity index (χ4n) is 2.71. The minimum atomic E-state index is -0.697. The van der Waals surface area contributed by atoms with E-state index in [9.17, 15) is 18.0 Å². The number of rotatable bonds is 8. The third-order valence-electron chi connectivity index (χ3n) is 4.05. The molecule has 0 atom stereocenters. The van der Waals surface area contributed by atoms with Crippen molar-refractivity contribution in [2.45, 2.75) is 24.3 Å². The standard InChI is InChI=1S/C20H19F3N2O2S2/c1-27-9-8-25-19-16(23)11-14(22)12-17(19)29-20(25)24-18(26)3-2-10-28-15-6-4-13(21)5-7-15/h4-7,11-12H,2-3,8-10H2,1H3. The number of carbonyl (C=O) groups excluding carboxylic acids is 1. The van der Waals surface area contributed by atoms with Crippen molar-refractivity contribution in [3.63, 3.8) is 0 Å². The van der Waals surface area contributed by atoms with Crippen LogP contribution in [-0.4, -0.2) is 29.9 Å². The fraction of sp³-hybridized carbons (Fsp3) is 0.300. The smallest absolute Gasteiger partial charge is 0.248 e. The predicted octanol–water partition coefficient (Wildman–Crippen LogP) is 4.77. The van der Waals surface area contributed by atoms with Gasteiger partial charge < -0.3 is 9.30 Å². The molecule has 1 aromatic heterocycles. The summed E-state index contributed by atoms with van der Waals surface area (Å²) >= 11 is 2.60. The molecule has 0 saturated heterocycles. The van der Waals surface area contributed by atoms with Crippen LogP contribution < -0.4 is 4.80 Å². The van der Waals surface area contributed by atoms with E-state index in [4.69, 9.17) is 4.74 Å². The second-order valence-electron chi connectivity index (χ2n) is 6.17. The summed E-state index contributed by atoms with van der Waals surface area (Å²) in [5.41, 5.74) is 0.215. The van der Waals surface area contributed by atoms with Crippen molar-refractivity contribution < 1.29 is 22.7 Å². The molecule has 3 aromatic rings. The van der Waals surface area contributed by atoms with Gasteiger partial charge in [0.15, 0.2) is 10.6 Å². The van der Waals surface area contributed by atoms with Crippen LogP contribution in [0, 0.1) is 17.5 Å². The summed E-state index contributed by atoms with van der Waals surface area (Å²) in [5.74, 6) is -1.31. The predicted molar refractivity (Wildman–Crippen MR) is 109 cm³/mol. The summed E-state index contributed by atoms with van der Waals surface area (Å²) in [6, 6.07) is 8.22. The van der Waals surface area contributed by atoms with E-state index in [0.717, 1.165) is 22.3 Å². The van der Waals surface area contributed by atoms with Gasteiger partial charge in [0.2, 0.25) is 5.91 Å². The zero-order valence-corrected chi connectivity index (χ0v) is 17.3. The number of methoxy groups -OCH3 is 1. The van der Waals surface area contributed by atoms with Gasteiger partial charge in [0.25, 0.3) is 0 Å². The zero-order valence-electron chi connectivity index (χ0n) is 15.7. The monoisotopic (exact) mass is 440 g/mol. The molecule has 0 fully saturated rings. The Labute approximate surface area is 174 Å². The normalized spacial score (nSPS) is 12.1. The van der Waals surface area contributed by atoms with E-state index in [0.29, 0.717) is 34.8 Å². The maximum atomic E-state index is 14.3. The number of hydrogen-bond donors (Lipinski definition) is 0. The van der Waals surface area contributed by atoms with Crippen molar-refractivity contribution in [1.29, 1.82) is 0 Å². The number of nitrogens with zero attached hydrogens (tertiary/aromatic N) is 2. The molecule has 0 N–H and O–H groups in total. The van der Waals surface area contributed by atoms with Crippen LogP contribution in [0.1, 0.15) is 12.8 Å². The lowest BCUT2D eigenvalue weighted by atomic mass is 10.3. The molecule has 1 heterocycles. The Morgan fingerprint density at radius 1 is 1.17 bits per heavy atom. The minimum absolute atomic E-state index is 0.215. The first kappa shape index (κ1) is 21.6. The highest BCUT2D eigenvalue weighted by Crippen LogP contribution is 2.23. The molecule has 0 unspecified atom stereocenters. The molecule has 0 bridgehead atoms. The molecular formula is C20H19F3N2O2S2. The van der Waals surface area contributed by atoms with Gasteiger partial charge in [0.1, 0.15) is 11.6 Å². The van der Waals surface area contributed by atoms with E-state index in [1.807, 2.05) is 0 Å². The highest BCUT2D eigenvalue weighted by molar-refractivity contribution is 7.99. The summed E-state index contributed by atoms with van der Waals surface area (Å²) < 4.78 is 47.7. The minimum Gasteiger partial charge on any atom is -0.383 e. The van der Waals surface area contributed by atoms with Crippen LogP contribution >= 0.6 is 23.1 Å². The molecule has 0 saturated carbocycles. The van der Waals surface area contributed by atoms with Gasteiger partial charge in [0, 0.05) is 31.0 Å². The van der Waals surface area contributed by atoms with Crippen molar-refractivity contribution in [3.05, 3.63) is 58.7 Å². The van der Waals surface area contributed by atoms with Crippen LogP contribution in [0.5, 0.6) is 0 Å². The van der Waals surface area contributed by atoms with Crippen LogP contribution in [0.3, 0.4) is 0 Å². The van der Waals surface area contributed by atoms with Gasteiger partial charge in [-0.25, -0.2) is 13.2 Å². The van der Waals surface area contributed by atoms with Crippen molar-refractivity contribution in [2.24, 2.45) is 4.99 Å². The number of thioether (sulfide) groups is 1. The first-order chi connectivity index (χ1) is 14.0. The number of halogens is 3. The van der Waals surface area contributed by atoms with Gasteiger partial charge in [-0.3, -0.25) is 4.79 Å². The Kier molecular flexibility index (Phi) is 7.51. The van der Waals surface area contributed by atoms with Gasteiger partial charge in [-0.2, -0.15) is 4.99 Å². The van der Waals surface area contributed by atoms with E-state index in [2.05, 4.69) is 4.99 Å². The SMILES string of the molecule is COCCn1c(=NC(=O)CCCSc2ccc(F)cc2)sc2cc(F)cc(F)c21. The Morgan fingerprint density at radius 3 is 2.66 bits per heavy atom. The summed E-state index contributed by atoms with van der Waals surface area (Å²) in [7, 11) is 1.52. The summed E-state index contributed by atoms with van der Waals surface area (Å²) in [5, 5.41) is 0. The lowest BCUT2D eigenvalue weighted by Gasteiger charge is -2.05. The van der Waals surface area contributed by atoms with E-state index in [-0.39, 0.29) is 23.7 Å². The van der Waals surface area contributed by atoms with Gasteiger partial charge >= 0.3 is 0 Å². The maximum Gasteiger partial charge on any atom is 0.248 e. The van der Waals surface area contributed by atoms with Crippen LogP contribution in [-0.2, 0) is 16.1 Å². The van der Waals surface area contributed by atoms with Crippen molar-refractivity contribution in [3.8, 4) is 0 Å². The first-order valence-corrected chi connectivity index (χ1v) is 10.7. The second kappa shape index (κ2) is 10.1. The third kappa shape index (κ3) is 5.71. The highest BCUT2D eigenvalue weighted by atomic mass is 32.2. The van der Waals surface area contributed by atoms with Crippen molar-refractivity contribution in [1.82, 2.24) is 4.57 Å². The molecule has 0 radical (unpaired) electrons. The van der Waals surface area contributed by atoms with E-state index < -0.39 is 11.6 Å². The van der Waals surface area contributed by atoms with Crippen LogP contribution in [0.25, 0.3) is 10.2 Å². The van der Waals surface area contributed by atoms with E-state index in [1.54, 1.807) is 16.7 Å². The van der Waals surface area contributed by atoms with E-state index in [1.165, 1.54) is 37.1 Å². The van der Waals surface area contributed by atoms with Gasteiger partial charge in [0.05, 0.1) is 16.8 Å². The number of ether oxygens (including phenoxy) is 1. The van der Waals surface area contributed by atoms with Gasteiger partial charge in [-0.05, 0) is 42.5 Å². The van der Waals surface area contributed by atoms with Gasteiger partial charge in [-0.15, -0.1) is 11.8 Å². The highest BCUT2D eigenvalue weighted by Gasteiger charge is 2.14. The fourth-order valence-corrected chi connectivity index (χ4v) is 4.68. The Morgan fingerprint density at radius 2 is 1.93 bits per heavy atom. The Hall–Kier alpha value is -2.10. The number of benzene rings is 2. The van der Waals surface area contributed by atoms with Gasteiger partial charge in [-0.1, -0.05) is 11.3 Å². The maximum absolute atomic E-state index is 14.3. The first-order valence-electron chi connectivity index (χ1n) is 8.91. The summed E-state index contributed by atoms with van der Waals surface area (Å²) in [6.45, 7) is 0.601. The average Bonchev–Trinajstić information content (AvgIpc) is 3.01. The zero-order chi connectivity index (χ0) is 20.8. The second-order valence-corrected chi connectivity index (χ2v) is 8.35. The quantitative estimate of drug-likeness (QED) is 0.375. The average molecular weight is 441 g/mol. The molecule has 154 valence electrons. The van der Waals surface area contributed by atoms with Crippen molar-refractivity contribution in [2.75, 3.05) is 19.5 Å². The molecule has 1 amide bonds. The molecule has 0 aliphatic carbocycles. The summed E-state index contributed by atoms with van der Waals surface area (Å²) in [4.78, 5) is 17.7. The van der Waals surface area contributed by atoms with E-state index >= 15 is 0 Å². The molecule has 0 aliphatic heterocycles. The van der Waals surface area contributed by atoms with Crippen LogP contribution in [0.15, 0.2) is 46.3 Å². The topological polar surface area (TPSA) is 43.6 Å². The molecule has 0 aliphatic rings. The third-order valence-corrected chi connectivity index (χ3v) is 6.18. The van der Waals surface area contributed by atoms with Crippen molar-refractivity contribution >= 4 is 39.2 Å². The van der Waals surface area contributed by atoms with Crippen LogP contribution in [0.4, 0.5) is 13.2 Å². The number of hydrogen-bond acceptors (Lipinski definition) is 4. The lowest BCUT2D eigenvalue weighted by molar-refractivity contribution is -0.118. The molecule has 2 aromatic carbocycles. The number of fused-ring (bicyclic) bond motifs is 1. The summed E-state index contributed by atoms with van der Waals surface area (Å²) in [6.07, 6.45) is 0.819. The molecular weight excluding hydrogens is 421 g/mol. The lowest BCUT2D eigenvalue weighted by Crippen LogP contribution is -2.19. The molecule has 3 rings (SSSR count). The molecule has 29 heavy (non-hydrogen) atoms. The number of aromatic nitrogens is 1. The van der Waals surface area contributed by atoms with Crippen LogP contribution in [0.2, 0.25) is 0 Å². The number of carbonyl (C=O) groups is 1. The largest absolute Gasteiger partial charge is 0.383 e. The molecule has 4 nitrogen and oxygen atoms in total. The molecule has 0 spiro atoms.